The van der Waals surface area contributed by atoms with Gasteiger partial charge in [-0.25, -0.2) is 8.42 Å². The van der Waals surface area contributed by atoms with E-state index in [2.05, 4.69) is 5.32 Å². The highest BCUT2D eigenvalue weighted by Gasteiger charge is 2.21. The van der Waals surface area contributed by atoms with Gasteiger partial charge in [0.1, 0.15) is 0 Å². The largest absolute Gasteiger partial charge is 0.388 e. The Balaban J connectivity index is 2.60. The van der Waals surface area contributed by atoms with Gasteiger partial charge >= 0.3 is 0 Å². The molecule has 0 fully saturated rings. The zero-order chi connectivity index (χ0) is 18.4. The van der Waals surface area contributed by atoms with Gasteiger partial charge in [-0.1, -0.05) is 12.1 Å². The Kier molecular flexibility index (Phi) is 7.76. The second-order valence-corrected chi connectivity index (χ2v) is 9.92. The van der Waals surface area contributed by atoms with Crippen molar-refractivity contribution in [3.05, 3.63) is 29.8 Å². The second-order valence-electron chi connectivity index (χ2n) is 6.43. The number of carbonyl (C=O) groups is 1. The summed E-state index contributed by atoms with van der Waals surface area (Å²) in [6.45, 7) is 5.18. The van der Waals surface area contributed by atoms with E-state index in [1.807, 2.05) is 6.26 Å². The lowest BCUT2D eigenvalue weighted by Crippen LogP contribution is -2.41. The number of rotatable bonds is 9. The summed E-state index contributed by atoms with van der Waals surface area (Å²) in [6.07, 6.45) is 2.73. The summed E-state index contributed by atoms with van der Waals surface area (Å²) >= 11 is 1.65. The Labute approximate surface area is 149 Å². The molecule has 24 heavy (non-hydrogen) atoms. The first-order valence-corrected chi connectivity index (χ1v) is 10.8. The van der Waals surface area contributed by atoms with Gasteiger partial charge in [-0.3, -0.25) is 4.79 Å². The molecule has 2 N–H and O–H groups in total. The van der Waals surface area contributed by atoms with Gasteiger partial charge in [0.2, 0.25) is 5.91 Å². The molecule has 1 amide bonds. The summed E-state index contributed by atoms with van der Waals surface area (Å²) in [5.74, 6) is 0.633. The van der Waals surface area contributed by atoms with E-state index in [1.165, 1.54) is 12.1 Å². The fraction of sp³-hybridized carbons (Fsp3) is 0.588. The minimum atomic E-state index is -3.30. The molecule has 1 aromatic rings. The van der Waals surface area contributed by atoms with Gasteiger partial charge < -0.3 is 10.4 Å². The number of hydrogen-bond acceptors (Lipinski definition) is 5. The Hall–Kier alpha value is -1.05. The van der Waals surface area contributed by atoms with Crippen LogP contribution in [0, 0.1) is 0 Å². The third-order valence-electron chi connectivity index (χ3n) is 3.75. The van der Waals surface area contributed by atoms with Crippen molar-refractivity contribution in [3.8, 4) is 0 Å². The minimum absolute atomic E-state index is 0.153. The lowest BCUT2D eigenvalue weighted by atomic mass is 10.0. The lowest BCUT2D eigenvalue weighted by Gasteiger charge is -2.23. The molecule has 0 saturated carbocycles. The predicted octanol–water partition coefficient (Wildman–Crippen LogP) is 2.03. The monoisotopic (exact) mass is 373 g/mol. The Morgan fingerprint density at radius 2 is 1.88 bits per heavy atom. The van der Waals surface area contributed by atoms with Crippen LogP contribution in [0.2, 0.25) is 0 Å². The number of benzene rings is 1. The molecule has 0 aliphatic heterocycles. The molecule has 0 saturated heterocycles. The van der Waals surface area contributed by atoms with Gasteiger partial charge in [-0.2, -0.15) is 11.8 Å². The van der Waals surface area contributed by atoms with Crippen LogP contribution in [-0.4, -0.2) is 48.8 Å². The molecule has 0 heterocycles. The van der Waals surface area contributed by atoms with E-state index in [-0.39, 0.29) is 23.8 Å². The normalized spacial score (nSPS) is 14.4. The van der Waals surface area contributed by atoms with Crippen LogP contribution in [0.4, 0.5) is 0 Å². The molecule has 0 aromatic heterocycles. The van der Waals surface area contributed by atoms with Crippen LogP contribution in [0.1, 0.15) is 32.8 Å². The van der Waals surface area contributed by atoms with Gasteiger partial charge in [-0.05, 0) is 56.9 Å². The maximum absolute atomic E-state index is 12.1. The lowest BCUT2D eigenvalue weighted by molar-refractivity contribution is -0.121. The van der Waals surface area contributed by atoms with Crippen molar-refractivity contribution in [1.29, 1.82) is 0 Å². The summed E-state index contributed by atoms with van der Waals surface area (Å²) in [5.41, 5.74) is -0.188. The maximum atomic E-state index is 12.1. The topological polar surface area (TPSA) is 83.5 Å². The molecular formula is C17H27NO4S2. The summed E-state index contributed by atoms with van der Waals surface area (Å²) in [5, 5.41) is 12.4. The fourth-order valence-corrected chi connectivity index (χ4v) is 3.72. The van der Waals surface area contributed by atoms with Crippen molar-refractivity contribution in [1.82, 2.24) is 5.32 Å². The molecule has 0 spiro atoms. The van der Waals surface area contributed by atoms with E-state index in [9.17, 15) is 18.3 Å². The van der Waals surface area contributed by atoms with E-state index >= 15 is 0 Å². The van der Waals surface area contributed by atoms with Gasteiger partial charge in [-0.15, -0.1) is 0 Å². The van der Waals surface area contributed by atoms with E-state index in [1.54, 1.807) is 44.7 Å². The number of sulfone groups is 1. The van der Waals surface area contributed by atoms with E-state index in [4.69, 9.17) is 0 Å². The molecular weight excluding hydrogens is 346 g/mol. The van der Waals surface area contributed by atoms with Gasteiger partial charge in [0.25, 0.3) is 0 Å². The highest BCUT2D eigenvalue weighted by atomic mass is 32.2. The average molecular weight is 374 g/mol. The number of aliphatic hydroxyl groups is 1. The smallest absolute Gasteiger partial charge is 0.224 e. The molecule has 1 rings (SSSR count). The Morgan fingerprint density at radius 3 is 2.38 bits per heavy atom. The van der Waals surface area contributed by atoms with Crippen molar-refractivity contribution in [2.45, 2.75) is 49.4 Å². The molecule has 0 radical (unpaired) electrons. The highest BCUT2D eigenvalue weighted by Crippen LogP contribution is 2.17. The predicted molar refractivity (Wildman–Crippen MR) is 99.1 cm³/mol. The van der Waals surface area contributed by atoms with Gasteiger partial charge in [0, 0.05) is 6.54 Å². The average Bonchev–Trinajstić information content (AvgIpc) is 2.51. The third-order valence-corrected chi connectivity index (χ3v) is 6.53. The van der Waals surface area contributed by atoms with Crippen LogP contribution in [0.25, 0.3) is 0 Å². The van der Waals surface area contributed by atoms with Crippen LogP contribution in [0.15, 0.2) is 29.2 Å². The van der Waals surface area contributed by atoms with Crippen LogP contribution in [-0.2, 0) is 21.1 Å². The highest BCUT2D eigenvalue weighted by molar-refractivity contribution is 7.98. The summed E-state index contributed by atoms with van der Waals surface area (Å²) in [7, 11) is -3.30. The van der Waals surface area contributed by atoms with Crippen molar-refractivity contribution in [2.24, 2.45) is 0 Å². The summed E-state index contributed by atoms with van der Waals surface area (Å²) in [4.78, 5) is 12.2. The van der Waals surface area contributed by atoms with E-state index < -0.39 is 20.7 Å². The van der Waals surface area contributed by atoms with Crippen LogP contribution in [0.5, 0.6) is 0 Å². The maximum Gasteiger partial charge on any atom is 0.224 e. The Morgan fingerprint density at radius 1 is 1.29 bits per heavy atom. The molecule has 1 atom stereocenters. The van der Waals surface area contributed by atoms with Crippen LogP contribution >= 0.6 is 11.8 Å². The second kappa shape index (κ2) is 8.87. The Bertz CT molecular complexity index is 637. The van der Waals surface area contributed by atoms with Crippen molar-refractivity contribution >= 4 is 27.5 Å². The zero-order valence-corrected chi connectivity index (χ0v) is 16.3. The number of carbonyl (C=O) groups excluding carboxylic acids is 1. The quantitative estimate of drug-likeness (QED) is 0.692. The molecule has 0 aliphatic rings. The third kappa shape index (κ3) is 6.45. The zero-order valence-electron chi connectivity index (χ0n) is 14.7. The molecule has 0 aliphatic carbocycles. The first-order chi connectivity index (χ1) is 11.1. The van der Waals surface area contributed by atoms with Crippen molar-refractivity contribution in [2.75, 3.05) is 18.6 Å². The molecule has 1 aromatic carbocycles. The van der Waals surface area contributed by atoms with Crippen LogP contribution < -0.4 is 5.32 Å². The first-order valence-electron chi connectivity index (χ1n) is 7.89. The number of amides is 1. The number of nitrogens with one attached hydrogen (secondary N) is 1. The standard InChI is InChI=1S/C17H27NO4S2/c1-13(2)24(21,22)15-7-5-14(6-8-15)11-16(19)18-12-17(3,20)9-10-23-4/h5-8,13,20H,9-12H2,1-4H3,(H,18,19). The van der Waals surface area contributed by atoms with Gasteiger partial charge in [0.05, 0.1) is 22.2 Å². The minimum Gasteiger partial charge on any atom is -0.388 e. The number of hydrogen-bond donors (Lipinski definition) is 2. The molecule has 0 bridgehead atoms. The van der Waals surface area contributed by atoms with Crippen molar-refractivity contribution in [3.63, 3.8) is 0 Å². The molecule has 136 valence electrons. The summed E-state index contributed by atoms with van der Waals surface area (Å²) < 4.78 is 24.1. The number of thioether (sulfide) groups is 1. The van der Waals surface area contributed by atoms with Gasteiger partial charge in [0.15, 0.2) is 9.84 Å². The van der Waals surface area contributed by atoms with E-state index in [0.717, 1.165) is 11.3 Å². The SMILES string of the molecule is CSCCC(C)(O)CNC(=O)Cc1ccc(S(=O)(=O)C(C)C)cc1. The molecule has 7 heteroatoms. The van der Waals surface area contributed by atoms with Crippen molar-refractivity contribution < 1.29 is 18.3 Å². The molecule has 1 unspecified atom stereocenters. The first kappa shape index (κ1) is 21.0. The summed E-state index contributed by atoms with van der Waals surface area (Å²) in [6, 6.07) is 6.38. The van der Waals surface area contributed by atoms with Crippen LogP contribution in [0.3, 0.4) is 0 Å². The van der Waals surface area contributed by atoms with E-state index in [0.29, 0.717) is 6.42 Å². The fourth-order valence-electron chi connectivity index (χ4n) is 2.02. The molecule has 5 nitrogen and oxygen atoms in total.